The molecular weight excluding hydrogens is 312 g/mol. The standard InChI is InChI=1S/C16H10F4N2O/c1-21-12-9-10(16(18,19)20)5-6-13(12)22-7-8-23-15-11(17)3-2-4-14(15)22/h2-6,9H,7-8H2. The SMILES string of the molecule is [C-]#[N+]c1cc(C(F)(F)F)ccc1N1CCOc2c(F)cccc21. The second kappa shape index (κ2) is 5.47. The molecule has 0 radical (unpaired) electrons. The minimum atomic E-state index is -4.52. The van der Waals surface area contributed by atoms with E-state index in [-0.39, 0.29) is 18.0 Å². The molecule has 0 atom stereocenters. The van der Waals surface area contributed by atoms with Crippen LogP contribution >= 0.6 is 0 Å². The lowest BCUT2D eigenvalue weighted by Gasteiger charge is -2.32. The predicted molar refractivity (Wildman–Crippen MR) is 76.6 cm³/mol. The topological polar surface area (TPSA) is 16.8 Å². The Kier molecular flexibility index (Phi) is 3.60. The first-order valence-corrected chi connectivity index (χ1v) is 6.69. The zero-order valence-electron chi connectivity index (χ0n) is 11.7. The van der Waals surface area contributed by atoms with E-state index in [0.29, 0.717) is 17.9 Å². The molecule has 0 saturated carbocycles. The normalized spacial score (nSPS) is 14.0. The molecule has 2 aromatic rings. The van der Waals surface area contributed by atoms with Gasteiger partial charge in [-0.05, 0) is 24.3 Å². The molecule has 0 bridgehead atoms. The number of benzene rings is 2. The highest BCUT2D eigenvalue weighted by Crippen LogP contribution is 2.43. The molecule has 23 heavy (non-hydrogen) atoms. The van der Waals surface area contributed by atoms with E-state index in [1.165, 1.54) is 18.2 Å². The largest absolute Gasteiger partial charge is 0.486 e. The number of halogens is 4. The fraction of sp³-hybridized carbons (Fsp3) is 0.188. The van der Waals surface area contributed by atoms with Crippen molar-refractivity contribution >= 4 is 17.1 Å². The molecule has 0 N–H and O–H groups in total. The molecule has 118 valence electrons. The summed E-state index contributed by atoms with van der Waals surface area (Å²) in [5, 5.41) is 0. The van der Waals surface area contributed by atoms with Crippen molar-refractivity contribution in [3.05, 3.63) is 59.2 Å². The summed E-state index contributed by atoms with van der Waals surface area (Å²) < 4.78 is 57.4. The van der Waals surface area contributed by atoms with Gasteiger partial charge in [-0.1, -0.05) is 12.1 Å². The van der Waals surface area contributed by atoms with Gasteiger partial charge in [0.05, 0.1) is 18.8 Å². The third kappa shape index (κ3) is 2.68. The van der Waals surface area contributed by atoms with Gasteiger partial charge in [0.1, 0.15) is 6.61 Å². The zero-order valence-corrected chi connectivity index (χ0v) is 11.7. The maximum atomic E-state index is 13.8. The summed E-state index contributed by atoms with van der Waals surface area (Å²) in [6.45, 7) is 7.64. The summed E-state index contributed by atoms with van der Waals surface area (Å²) in [6.07, 6.45) is -4.52. The minimum absolute atomic E-state index is 0.0366. The van der Waals surface area contributed by atoms with Gasteiger partial charge in [0, 0.05) is 11.3 Å². The van der Waals surface area contributed by atoms with E-state index in [1.807, 2.05) is 0 Å². The van der Waals surface area contributed by atoms with Crippen molar-refractivity contribution in [2.24, 2.45) is 0 Å². The molecule has 0 spiro atoms. The molecule has 2 aromatic carbocycles. The molecule has 0 fully saturated rings. The minimum Gasteiger partial charge on any atom is -0.486 e. The number of para-hydroxylation sites is 1. The van der Waals surface area contributed by atoms with Crippen molar-refractivity contribution in [1.82, 2.24) is 0 Å². The van der Waals surface area contributed by atoms with E-state index in [4.69, 9.17) is 11.3 Å². The fourth-order valence-corrected chi connectivity index (χ4v) is 2.48. The van der Waals surface area contributed by atoms with Crippen molar-refractivity contribution in [1.29, 1.82) is 0 Å². The molecule has 3 nitrogen and oxygen atoms in total. The van der Waals surface area contributed by atoms with Crippen LogP contribution < -0.4 is 9.64 Å². The molecule has 7 heteroatoms. The van der Waals surface area contributed by atoms with Gasteiger partial charge in [0.15, 0.2) is 11.6 Å². The third-order valence-electron chi connectivity index (χ3n) is 3.51. The molecule has 0 aliphatic carbocycles. The predicted octanol–water partition coefficient (Wildman–Crippen LogP) is 4.93. The molecule has 1 heterocycles. The Morgan fingerprint density at radius 3 is 2.61 bits per heavy atom. The lowest BCUT2D eigenvalue weighted by molar-refractivity contribution is -0.137. The Hall–Kier alpha value is -2.75. The van der Waals surface area contributed by atoms with E-state index < -0.39 is 17.6 Å². The van der Waals surface area contributed by atoms with E-state index in [9.17, 15) is 17.6 Å². The van der Waals surface area contributed by atoms with Gasteiger partial charge in [-0.2, -0.15) is 13.2 Å². The van der Waals surface area contributed by atoms with Crippen molar-refractivity contribution in [3.8, 4) is 5.75 Å². The van der Waals surface area contributed by atoms with E-state index in [2.05, 4.69) is 4.85 Å². The van der Waals surface area contributed by atoms with Crippen molar-refractivity contribution in [3.63, 3.8) is 0 Å². The van der Waals surface area contributed by atoms with Crippen LogP contribution in [-0.2, 0) is 6.18 Å². The lowest BCUT2D eigenvalue weighted by Crippen LogP contribution is -2.29. The molecular formula is C16H10F4N2O. The Labute approximate surface area is 129 Å². The quantitative estimate of drug-likeness (QED) is 0.547. The Bertz CT molecular complexity index is 796. The van der Waals surface area contributed by atoms with Crippen LogP contribution in [-0.4, -0.2) is 13.2 Å². The number of alkyl halides is 3. The van der Waals surface area contributed by atoms with Gasteiger partial charge < -0.3 is 9.64 Å². The number of hydrogen-bond acceptors (Lipinski definition) is 2. The van der Waals surface area contributed by atoms with Gasteiger partial charge in [-0.3, -0.25) is 0 Å². The van der Waals surface area contributed by atoms with Crippen LogP contribution in [0.15, 0.2) is 36.4 Å². The highest BCUT2D eigenvalue weighted by atomic mass is 19.4. The van der Waals surface area contributed by atoms with Crippen LogP contribution in [0.4, 0.5) is 34.6 Å². The zero-order chi connectivity index (χ0) is 16.6. The molecule has 0 saturated heterocycles. The van der Waals surface area contributed by atoms with E-state index >= 15 is 0 Å². The summed E-state index contributed by atoms with van der Waals surface area (Å²) >= 11 is 0. The molecule has 1 aliphatic heterocycles. The van der Waals surface area contributed by atoms with Gasteiger partial charge in [0.25, 0.3) is 0 Å². The Balaban J connectivity index is 2.11. The summed E-state index contributed by atoms with van der Waals surface area (Å²) in [7, 11) is 0. The lowest BCUT2D eigenvalue weighted by atomic mass is 10.1. The first-order chi connectivity index (χ1) is 10.9. The summed E-state index contributed by atoms with van der Waals surface area (Å²) in [5.74, 6) is -0.516. The third-order valence-corrected chi connectivity index (χ3v) is 3.51. The number of hydrogen-bond donors (Lipinski definition) is 0. The van der Waals surface area contributed by atoms with E-state index in [1.54, 1.807) is 11.0 Å². The van der Waals surface area contributed by atoms with Crippen LogP contribution in [0.1, 0.15) is 5.56 Å². The van der Waals surface area contributed by atoms with Crippen LogP contribution in [0.25, 0.3) is 4.85 Å². The molecule has 0 amide bonds. The summed E-state index contributed by atoms with van der Waals surface area (Å²) in [6, 6.07) is 7.27. The van der Waals surface area contributed by atoms with Crippen molar-refractivity contribution in [2.75, 3.05) is 18.1 Å². The van der Waals surface area contributed by atoms with Crippen LogP contribution in [0.2, 0.25) is 0 Å². The smallest absolute Gasteiger partial charge is 0.415 e. The van der Waals surface area contributed by atoms with E-state index in [0.717, 1.165) is 12.1 Å². The van der Waals surface area contributed by atoms with Crippen LogP contribution in [0.3, 0.4) is 0 Å². The van der Waals surface area contributed by atoms with Crippen molar-refractivity contribution in [2.45, 2.75) is 6.18 Å². The average Bonchev–Trinajstić information content (AvgIpc) is 2.53. The Morgan fingerprint density at radius 2 is 1.91 bits per heavy atom. The maximum absolute atomic E-state index is 13.8. The first kappa shape index (κ1) is 15.2. The van der Waals surface area contributed by atoms with Gasteiger partial charge in [-0.15, -0.1) is 0 Å². The highest BCUT2D eigenvalue weighted by Gasteiger charge is 2.32. The monoisotopic (exact) mass is 322 g/mol. The maximum Gasteiger partial charge on any atom is 0.415 e. The van der Waals surface area contributed by atoms with Gasteiger partial charge in [-0.25, -0.2) is 9.24 Å². The number of fused-ring (bicyclic) bond motifs is 1. The fourth-order valence-electron chi connectivity index (χ4n) is 2.48. The number of anilines is 2. The molecule has 0 aromatic heterocycles. The number of nitrogens with zero attached hydrogens (tertiary/aromatic N) is 2. The van der Waals surface area contributed by atoms with Gasteiger partial charge >= 0.3 is 6.18 Å². The molecule has 1 aliphatic rings. The second-order valence-electron chi connectivity index (χ2n) is 4.90. The number of ether oxygens (including phenoxy) is 1. The van der Waals surface area contributed by atoms with Crippen LogP contribution in [0, 0.1) is 12.4 Å². The first-order valence-electron chi connectivity index (χ1n) is 6.69. The summed E-state index contributed by atoms with van der Waals surface area (Å²) in [5.41, 5.74) is -0.346. The summed E-state index contributed by atoms with van der Waals surface area (Å²) in [4.78, 5) is 4.78. The average molecular weight is 322 g/mol. The van der Waals surface area contributed by atoms with Gasteiger partial charge in [0.2, 0.25) is 5.69 Å². The second-order valence-corrected chi connectivity index (χ2v) is 4.90. The molecule has 0 unspecified atom stereocenters. The Morgan fingerprint density at radius 1 is 1.13 bits per heavy atom. The van der Waals surface area contributed by atoms with Crippen LogP contribution in [0.5, 0.6) is 5.75 Å². The number of rotatable bonds is 1. The molecule has 3 rings (SSSR count). The van der Waals surface area contributed by atoms with Crippen molar-refractivity contribution < 1.29 is 22.3 Å². The highest BCUT2D eigenvalue weighted by molar-refractivity contribution is 5.80.